The Hall–Kier alpha value is -1.19. The maximum atomic E-state index is 11.3. The molecule has 14 heavy (non-hydrogen) atoms. The largest absolute Gasteiger partial charge is 0.392 e. The summed E-state index contributed by atoms with van der Waals surface area (Å²) in [7, 11) is 0. The lowest BCUT2D eigenvalue weighted by Crippen LogP contribution is -2.28. The van der Waals surface area contributed by atoms with Gasteiger partial charge >= 0.3 is 0 Å². The van der Waals surface area contributed by atoms with Gasteiger partial charge in [0.2, 0.25) is 0 Å². The third kappa shape index (κ3) is 2.94. The molecular formula is C11H15NO2. The highest BCUT2D eigenvalue weighted by molar-refractivity contribution is 5.85. The highest BCUT2D eigenvalue weighted by Gasteiger charge is 2.07. The maximum absolute atomic E-state index is 11.3. The van der Waals surface area contributed by atoms with E-state index in [1.165, 1.54) is 0 Å². The molecule has 1 aromatic carbocycles. The van der Waals surface area contributed by atoms with Crippen LogP contribution >= 0.6 is 0 Å². The van der Waals surface area contributed by atoms with E-state index in [2.05, 4.69) is 0 Å². The number of aliphatic hydroxyl groups excluding tert-OH is 1. The molecule has 0 aliphatic rings. The Labute approximate surface area is 83.6 Å². The first kappa shape index (κ1) is 10.9. The number of aliphatic hydroxyl groups is 1. The SMILES string of the molecule is CC(N)C(=O)Cc1ccc(CO)cc1. The summed E-state index contributed by atoms with van der Waals surface area (Å²) in [6.45, 7) is 1.71. The molecule has 0 spiro atoms. The van der Waals surface area contributed by atoms with E-state index in [0.29, 0.717) is 6.42 Å². The third-order valence-corrected chi connectivity index (χ3v) is 2.09. The van der Waals surface area contributed by atoms with Crippen LogP contribution in [0.5, 0.6) is 0 Å². The molecule has 1 atom stereocenters. The van der Waals surface area contributed by atoms with Gasteiger partial charge in [0.05, 0.1) is 12.6 Å². The fourth-order valence-electron chi connectivity index (χ4n) is 1.12. The van der Waals surface area contributed by atoms with Crippen LogP contribution in [0.15, 0.2) is 24.3 Å². The van der Waals surface area contributed by atoms with Gasteiger partial charge in [0.25, 0.3) is 0 Å². The van der Waals surface area contributed by atoms with Gasteiger partial charge in [-0.25, -0.2) is 0 Å². The quantitative estimate of drug-likeness (QED) is 0.737. The van der Waals surface area contributed by atoms with Crippen LogP contribution in [0.25, 0.3) is 0 Å². The van der Waals surface area contributed by atoms with E-state index in [0.717, 1.165) is 11.1 Å². The van der Waals surface area contributed by atoms with Crippen molar-refractivity contribution in [3.8, 4) is 0 Å². The minimum atomic E-state index is -0.410. The standard InChI is InChI=1S/C11H15NO2/c1-8(12)11(14)6-9-2-4-10(7-13)5-3-9/h2-5,8,13H,6-7,12H2,1H3. The maximum Gasteiger partial charge on any atom is 0.153 e. The highest BCUT2D eigenvalue weighted by atomic mass is 16.3. The molecule has 1 unspecified atom stereocenters. The highest BCUT2D eigenvalue weighted by Crippen LogP contribution is 2.06. The Morgan fingerprint density at radius 1 is 1.36 bits per heavy atom. The van der Waals surface area contributed by atoms with Gasteiger partial charge in [0, 0.05) is 6.42 Å². The topological polar surface area (TPSA) is 63.3 Å². The number of Topliss-reactive ketones (excluding diaryl/α,β-unsaturated/α-hetero) is 1. The van der Waals surface area contributed by atoms with Crippen LogP contribution in [0.4, 0.5) is 0 Å². The van der Waals surface area contributed by atoms with Crippen molar-refractivity contribution >= 4 is 5.78 Å². The molecule has 0 fully saturated rings. The number of rotatable bonds is 4. The van der Waals surface area contributed by atoms with Crippen LogP contribution in [-0.2, 0) is 17.8 Å². The molecular weight excluding hydrogens is 178 g/mol. The summed E-state index contributed by atoms with van der Waals surface area (Å²) >= 11 is 0. The van der Waals surface area contributed by atoms with Crippen LogP contribution < -0.4 is 5.73 Å². The summed E-state index contributed by atoms with van der Waals surface area (Å²) in [6.07, 6.45) is 0.364. The number of benzene rings is 1. The average Bonchev–Trinajstić information content (AvgIpc) is 2.19. The van der Waals surface area contributed by atoms with Gasteiger partial charge in [-0.2, -0.15) is 0 Å². The second kappa shape index (κ2) is 4.88. The zero-order chi connectivity index (χ0) is 10.6. The molecule has 3 N–H and O–H groups in total. The molecule has 0 saturated carbocycles. The van der Waals surface area contributed by atoms with E-state index < -0.39 is 6.04 Å². The fraction of sp³-hybridized carbons (Fsp3) is 0.364. The van der Waals surface area contributed by atoms with E-state index in [9.17, 15) is 4.79 Å². The molecule has 0 bridgehead atoms. The molecule has 1 aromatic rings. The van der Waals surface area contributed by atoms with Gasteiger partial charge in [0.1, 0.15) is 0 Å². The van der Waals surface area contributed by atoms with Crippen LogP contribution in [0.2, 0.25) is 0 Å². The number of carbonyl (C=O) groups excluding carboxylic acids is 1. The molecule has 0 heterocycles. The summed E-state index contributed by atoms with van der Waals surface area (Å²) in [4.78, 5) is 11.3. The molecule has 76 valence electrons. The number of nitrogens with two attached hydrogens (primary N) is 1. The van der Waals surface area contributed by atoms with Gasteiger partial charge in [0.15, 0.2) is 5.78 Å². The van der Waals surface area contributed by atoms with Crippen LogP contribution in [-0.4, -0.2) is 16.9 Å². The zero-order valence-corrected chi connectivity index (χ0v) is 8.23. The lowest BCUT2D eigenvalue weighted by Gasteiger charge is -2.04. The first-order chi connectivity index (χ1) is 6.63. The van der Waals surface area contributed by atoms with Gasteiger partial charge in [-0.3, -0.25) is 4.79 Å². The Kier molecular flexibility index (Phi) is 3.80. The van der Waals surface area contributed by atoms with Crippen molar-refractivity contribution in [1.82, 2.24) is 0 Å². The average molecular weight is 193 g/mol. The second-order valence-corrected chi connectivity index (χ2v) is 3.41. The fourth-order valence-corrected chi connectivity index (χ4v) is 1.12. The number of hydrogen-bond donors (Lipinski definition) is 2. The second-order valence-electron chi connectivity index (χ2n) is 3.41. The summed E-state index contributed by atoms with van der Waals surface area (Å²) < 4.78 is 0. The molecule has 0 amide bonds. The number of hydrogen-bond acceptors (Lipinski definition) is 3. The molecule has 0 aliphatic carbocycles. The van der Waals surface area contributed by atoms with E-state index >= 15 is 0 Å². The Balaban J connectivity index is 2.64. The van der Waals surface area contributed by atoms with Gasteiger partial charge < -0.3 is 10.8 Å². The lowest BCUT2D eigenvalue weighted by atomic mass is 10.0. The zero-order valence-electron chi connectivity index (χ0n) is 8.23. The van der Waals surface area contributed by atoms with E-state index in [1.54, 1.807) is 6.92 Å². The predicted octanol–water partition coefficient (Wildman–Crippen LogP) is 0.638. The third-order valence-electron chi connectivity index (χ3n) is 2.09. The van der Waals surface area contributed by atoms with E-state index in [4.69, 9.17) is 10.8 Å². The lowest BCUT2D eigenvalue weighted by molar-refractivity contribution is -0.119. The monoisotopic (exact) mass is 193 g/mol. The minimum Gasteiger partial charge on any atom is -0.392 e. The molecule has 1 rings (SSSR count). The van der Waals surface area contributed by atoms with Crippen LogP contribution in [0, 0.1) is 0 Å². The molecule has 0 aromatic heterocycles. The summed E-state index contributed by atoms with van der Waals surface area (Å²) in [6, 6.07) is 6.89. The van der Waals surface area contributed by atoms with Crippen molar-refractivity contribution in [1.29, 1.82) is 0 Å². The van der Waals surface area contributed by atoms with Crippen molar-refractivity contribution in [3.63, 3.8) is 0 Å². The molecule has 0 radical (unpaired) electrons. The van der Waals surface area contributed by atoms with Crippen molar-refractivity contribution in [3.05, 3.63) is 35.4 Å². The van der Waals surface area contributed by atoms with Gasteiger partial charge in [-0.05, 0) is 18.1 Å². The van der Waals surface area contributed by atoms with E-state index in [1.807, 2.05) is 24.3 Å². The first-order valence-corrected chi connectivity index (χ1v) is 4.60. The van der Waals surface area contributed by atoms with Crippen LogP contribution in [0.1, 0.15) is 18.1 Å². The Bertz CT molecular complexity index is 304. The van der Waals surface area contributed by atoms with E-state index in [-0.39, 0.29) is 12.4 Å². The molecule has 3 nitrogen and oxygen atoms in total. The Morgan fingerprint density at radius 2 is 1.86 bits per heavy atom. The van der Waals surface area contributed by atoms with Crippen molar-refractivity contribution in [2.75, 3.05) is 0 Å². The predicted molar refractivity (Wildman–Crippen MR) is 54.7 cm³/mol. The Morgan fingerprint density at radius 3 is 2.29 bits per heavy atom. The normalized spacial score (nSPS) is 12.5. The molecule has 0 saturated heterocycles. The number of carbonyl (C=O) groups is 1. The van der Waals surface area contributed by atoms with Gasteiger partial charge in [-0.1, -0.05) is 24.3 Å². The number of ketones is 1. The smallest absolute Gasteiger partial charge is 0.153 e. The summed E-state index contributed by atoms with van der Waals surface area (Å²) in [5.74, 6) is 0.0294. The minimum absolute atomic E-state index is 0.0293. The van der Waals surface area contributed by atoms with Gasteiger partial charge in [-0.15, -0.1) is 0 Å². The summed E-state index contributed by atoms with van der Waals surface area (Å²) in [5.41, 5.74) is 7.23. The van der Waals surface area contributed by atoms with Crippen LogP contribution in [0.3, 0.4) is 0 Å². The van der Waals surface area contributed by atoms with Crippen molar-refractivity contribution < 1.29 is 9.90 Å². The first-order valence-electron chi connectivity index (χ1n) is 4.60. The molecule has 3 heteroatoms. The molecule has 0 aliphatic heterocycles. The van der Waals surface area contributed by atoms with Crippen molar-refractivity contribution in [2.45, 2.75) is 26.0 Å². The van der Waals surface area contributed by atoms with Crippen molar-refractivity contribution in [2.24, 2.45) is 5.73 Å². The summed E-state index contributed by atoms with van der Waals surface area (Å²) in [5, 5.41) is 8.81.